The summed E-state index contributed by atoms with van der Waals surface area (Å²) >= 11 is 0. The van der Waals surface area contributed by atoms with Crippen molar-refractivity contribution in [1.29, 1.82) is 0 Å². The van der Waals surface area contributed by atoms with E-state index in [4.69, 9.17) is 11.5 Å². The van der Waals surface area contributed by atoms with E-state index in [-0.39, 0.29) is 11.7 Å². The van der Waals surface area contributed by atoms with E-state index in [9.17, 15) is 4.79 Å². The van der Waals surface area contributed by atoms with E-state index in [1.165, 1.54) is 6.92 Å². The van der Waals surface area contributed by atoms with E-state index in [2.05, 4.69) is 4.99 Å². The first-order valence-corrected chi connectivity index (χ1v) is 2.67. The van der Waals surface area contributed by atoms with Crippen LogP contribution in [0.15, 0.2) is 4.99 Å². The van der Waals surface area contributed by atoms with E-state index in [1.807, 2.05) is 0 Å². The van der Waals surface area contributed by atoms with Crippen LogP contribution >= 0.6 is 0 Å². The number of aliphatic imine (C=N–C) groups is 1. The quantitative estimate of drug-likeness (QED) is 0.388. The molecule has 0 saturated heterocycles. The number of carbonyl (C=O) groups excluding carboxylic acids is 1. The zero-order valence-corrected chi connectivity index (χ0v) is 5.42. The van der Waals surface area contributed by atoms with Gasteiger partial charge < -0.3 is 11.5 Å². The lowest BCUT2D eigenvalue weighted by molar-refractivity contribution is -0.116. The molecule has 4 N–H and O–H groups in total. The maximum atomic E-state index is 10.3. The van der Waals surface area contributed by atoms with Crippen LogP contribution in [-0.4, -0.2) is 18.3 Å². The molecule has 52 valence electrons. The summed E-state index contributed by atoms with van der Waals surface area (Å²) in [5.74, 6) is 0.135. The van der Waals surface area contributed by atoms with Crippen LogP contribution in [0.5, 0.6) is 0 Å². The second kappa shape index (κ2) is 3.88. The number of ketones is 1. The van der Waals surface area contributed by atoms with Crippen LogP contribution in [0, 0.1) is 0 Å². The fourth-order valence-corrected chi connectivity index (χ4v) is 0.342. The van der Waals surface area contributed by atoms with Crippen molar-refractivity contribution >= 4 is 11.7 Å². The third-order valence-electron chi connectivity index (χ3n) is 0.758. The molecule has 0 aromatic carbocycles. The molecule has 0 fully saturated rings. The number of rotatable bonds is 3. The maximum Gasteiger partial charge on any atom is 0.185 e. The predicted molar refractivity (Wildman–Crippen MR) is 36.0 cm³/mol. The van der Waals surface area contributed by atoms with Crippen molar-refractivity contribution in [3.8, 4) is 0 Å². The molecule has 0 bridgehead atoms. The molecule has 0 aliphatic carbocycles. The van der Waals surface area contributed by atoms with Crippen molar-refractivity contribution in [3.63, 3.8) is 0 Å². The molecule has 0 aromatic rings. The Morgan fingerprint density at radius 3 is 2.44 bits per heavy atom. The van der Waals surface area contributed by atoms with Crippen molar-refractivity contribution in [2.24, 2.45) is 16.5 Å². The third-order valence-corrected chi connectivity index (χ3v) is 0.758. The molecule has 0 aromatic heterocycles. The highest BCUT2D eigenvalue weighted by Gasteiger charge is 1.89. The number of guanidine groups is 1. The highest BCUT2D eigenvalue weighted by atomic mass is 16.1. The molecule has 0 unspecified atom stereocenters. The number of nitrogens with zero attached hydrogens (tertiary/aromatic N) is 1. The normalized spacial score (nSPS) is 8.56. The van der Waals surface area contributed by atoms with Crippen LogP contribution in [-0.2, 0) is 4.79 Å². The van der Waals surface area contributed by atoms with E-state index < -0.39 is 0 Å². The molecule has 0 amide bonds. The molecular weight excluding hydrogens is 118 g/mol. The van der Waals surface area contributed by atoms with Gasteiger partial charge >= 0.3 is 0 Å². The molecule has 0 atom stereocenters. The number of Topliss-reactive ketones (excluding diaryl/α,β-unsaturated/α-hetero) is 1. The Hall–Kier alpha value is -1.06. The summed E-state index contributed by atoms with van der Waals surface area (Å²) < 4.78 is 0. The summed E-state index contributed by atoms with van der Waals surface area (Å²) in [6.45, 7) is 1.90. The monoisotopic (exact) mass is 129 g/mol. The van der Waals surface area contributed by atoms with Crippen molar-refractivity contribution in [2.45, 2.75) is 13.3 Å². The van der Waals surface area contributed by atoms with E-state index in [0.717, 1.165) is 0 Å². The lowest BCUT2D eigenvalue weighted by Crippen LogP contribution is -2.23. The van der Waals surface area contributed by atoms with Gasteiger partial charge in [-0.1, -0.05) is 0 Å². The van der Waals surface area contributed by atoms with Crippen LogP contribution in [0.4, 0.5) is 0 Å². The van der Waals surface area contributed by atoms with Gasteiger partial charge in [0.15, 0.2) is 5.96 Å². The van der Waals surface area contributed by atoms with Gasteiger partial charge in [0, 0.05) is 13.0 Å². The molecule has 9 heavy (non-hydrogen) atoms. The van der Waals surface area contributed by atoms with Crippen molar-refractivity contribution in [2.75, 3.05) is 6.54 Å². The van der Waals surface area contributed by atoms with Crippen LogP contribution in [0.3, 0.4) is 0 Å². The van der Waals surface area contributed by atoms with Crippen LogP contribution in [0.1, 0.15) is 13.3 Å². The van der Waals surface area contributed by atoms with E-state index >= 15 is 0 Å². The van der Waals surface area contributed by atoms with E-state index in [0.29, 0.717) is 13.0 Å². The van der Waals surface area contributed by atoms with Crippen molar-refractivity contribution in [1.82, 2.24) is 0 Å². The summed E-state index contributed by atoms with van der Waals surface area (Å²) in [6.07, 6.45) is 0.415. The standard InChI is InChI=1S/C5H11N3O/c1-4(9)2-3-8-5(6)7/h2-3H2,1H3,(H4,6,7,8). The number of carbonyl (C=O) groups is 1. The Balaban J connectivity index is 3.31. The summed E-state index contributed by atoms with van der Waals surface area (Å²) in [7, 11) is 0. The smallest absolute Gasteiger partial charge is 0.185 e. The topological polar surface area (TPSA) is 81.5 Å². The summed E-state index contributed by atoms with van der Waals surface area (Å²) in [5.41, 5.74) is 9.99. The van der Waals surface area contributed by atoms with Gasteiger partial charge in [-0.15, -0.1) is 0 Å². The first-order chi connectivity index (χ1) is 4.13. The third kappa shape index (κ3) is 6.94. The van der Waals surface area contributed by atoms with Crippen LogP contribution in [0.2, 0.25) is 0 Å². The second-order valence-electron chi connectivity index (χ2n) is 1.76. The van der Waals surface area contributed by atoms with Gasteiger partial charge in [0.1, 0.15) is 5.78 Å². The minimum Gasteiger partial charge on any atom is -0.370 e. The molecule has 0 spiro atoms. The van der Waals surface area contributed by atoms with Crippen LogP contribution in [0.25, 0.3) is 0 Å². The summed E-state index contributed by atoms with van der Waals surface area (Å²) in [5, 5.41) is 0. The van der Waals surface area contributed by atoms with Gasteiger partial charge in [0.25, 0.3) is 0 Å². The SMILES string of the molecule is CC(=O)CCN=C(N)N. The fraction of sp³-hybridized carbons (Fsp3) is 0.600. The molecule has 0 heterocycles. The molecule has 0 aliphatic rings. The highest BCUT2D eigenvalue weighted by Crippen LogP contribution is 1.80. The maximum absolute atomic E-state index is 10.3. The van der Waals surface area contributed by atoms with E-state index in [1.54, 1.807) is 0 Å². The Morgan fingerprint density at radius 1 is 1.56 bits per heavy atom. The molecule has 4 nitrogen and oxygen atoms in total. The lowest BCUT2D eigenvalue weighted by Gasteiger charge is -1.89. The average molecular weight is 129 g/mol. The van der Waals surface area contributed by atoms with Gasteiger partial charge in [0.05, 0.1) is 0 Å². The van der Waals surface area contributed by atoms with Crippen molar-refractivity contribution < 1.29 is 4.79 Å². The predicted octanol–water partition coefficient (Wildman–Crippen LogP) is -0.761. The van der Waals surface area contributed by atoms with Gasteiger partial charge in [-0.3, -0.25) is 9.79 Å². The first-order valence-electron chi connectivity index (χ1n) is 2.67. The average Bonchev–Trinajstić information content (AvgIpc) is 1.63. The Morgan fingerprint density at radius 2 is 2.11 bits per heavy atom. The molecule has 0 aliphatic heterocycles. The summed E-state index contributed by atoms with van der Waals surface area (Å²) in [6, 6.07) is 0. The lowest BCUT2D eigenvalue weighted by atomic mass is 10.3. The summed E-state index contributed by atoms with van der Waals surface area (Å²) in [4.78, 5) is 13.9. The Bertz CT molecular complexity index is 126. The van der Waals surface area contributed by atoms with Crippen LogP contribution < -0.4 is 11.5 Å². The number of hydrogen-bond acceptors (Lipinski definition) is 2. The van der Waals surface area contributed by atoms with Gasteiger partial charge in [-0.2, -0.15) is 0 Å². The van der Waals surface area contributed by atoms with Gasteiger partial charge in [-0.25, -0.2) is 0 Å². The molecular formula is C5H11N3O. The minimum atomic E-state index is 0.0382. The largest absolute Gasteiger partial charge is 0.370 e. The minimum absolute atomic E-state index is 0.0382. The Labute approximate surface area is 53.9 Å². The molecule has 4 heteroatoms. The van der Waals surface area contributed by atoms with Gasteiger partial charge in [0.2, 0.25) is 0 Å². The first kappa shape index (κ1) is 7.94. The second-order valence-corrected chi connectivity index (χ2v) is 1.76. The number of nitrogens with two attached hydrogens (primary N) is 2. The van der Waals surface area contributed by atoms with Gasteiger partial charge in [-0.05, 0) is 6.92 Å². The molecule has 0 saturated carbocycles. The molecule has 0 rings (SSSR count). The molecule has 0 radical (unpaired) electrons. The zero-order valence-electron chi connectivity index (χ0n) is 5.42. The fourth-order valence-electron chi connectivity index (χ4n) is 0.342. The highest BCUT2D eigenvalue weighted by molar-refractivity contribution is 5.77. The Kier molecular flexibility index (Phi) is 3.43. The zero-order chi connectivity index (χ0) is 7.28. The van der Waals surface area contributed by atoms with Crippen molar-refractivity contribution in [3.05, 3.63) is 0 Å². The number of hydrogen-bond donors (Lipinski definition) is 2.